The van der Waals surface area contributed by atoms with Gasteiger partial charge in [-0.1, -0.05) is 18.2 Å². The first-order valence-corrected chi connectivity index (χ1v) is 7.55. The number of hydrogen-bond acceptors (Lipinski definition) is 3. The van der Waals surface area contributed by atoms with Crippen LogP contribution in [0.4, 0.5) is 0 Å². The van der Waals surface area contributed by atoms with E-state index in [9.17, 15) is 0 Å². The Bertz CT molecular complexity index is 540. The molecule has 0 spiro atoms. The first-order chi connectivity index (χ1) is 9.69. The zero-order valence-electron chi connectivity index (χ0n) is 12.6. The van der Waals surface area contributed by atoms with Gasteiger partial charge in [0.1, 0.15) is 11.3 Å². The maximum atomic E-state index is 5.99. The van der Waals surface area contributed by atoms with Crippen LogP contribution >= 0.6 is 0 Å². The summed E-state index contributed by atoms with van der Waals surface area (Å²) < 4.78 is 5.99. The van der Waals surface area contributed by atoms with Gasteiger partial charge in [-0.3, -0.25) is 0 Å². The Morgan fingerprint density at radius 1 is 1.35 bits per heavy atom. The second kappa shape index (κ2) is 5.58. The molecular formula is C17H24N2O. The molecule has 2 unspecified atom stereocenters. The van der Waals surface area contributed by atoms with Crippen molar-refractivity contribution in [3.8, 4) is 0 Å². The van der Waals surface area contributed by atoms with Crippen molar-refractivity contribution in [2.24, 2.45) is 5.92 Å². The molecule has 1 fully saturated rings. The molecule has 2 atom stereocenters. The summed E-state index contributed by atoms with van der Waals surface area (Å²) >= 11 is 0. The predicted molar refractivity (Wildman–Crippen MR) is 82.8 cm³/mol. The van der Waals surface area contributed by atoms with Crippen LogP contribution in [0.3, 0.4) is 0 Å². The fourth-order valence-electron chi connectivity index (χ4n) is 2.89. The second-order valence-corrected chi connectivity index (χ2v) is 6.05. The van der Waals surface area contributed by atoms with Gasteiger partial charge in [-0.25, -0.2) is 0 Å². The molecule has 1 N–H and O–H groups in total. The number of fused-ring (bicyclic) bond motifs is 1. The van der Waals surface area contributed by atoms with Crippen molar-refractivity contribution in [3.05, 3.63) is 36.1 Å². The van der Waals surface area contributed by atoms with Crippen LogP contribution < -0.4 is 5.32 Å². The lowest BCUT2D eigenvalue weighted by Gasteiger charge is -2.28. The molecule has 1 saturated carbocycles. The van der Waals surface area contributed by atoms with E-state index in [1.807, 2.05) is 19.2 Å². The molecular weight excluding hydrogens is 248 g/mol. The molecule has 0 bridgehead atoms. The number of rotatable bonds is 6. The van der Waals surface area contributed by atoms with Gasteiger partial charge in [0.05, 0.1) is 6.04 Å². The van der Waals surface area contributed by atoms with Gasteiger partial charge in [-0.15, -0.1) is 0 Å². The van der Waals surface area contributed by atoms with E-state index in [2.05, 4.69) is 42.4 Å². The van der Waals surface area contributed by atoms with Gasteiger partial charge >= 0.3 is 0 Å². The Kier molecular flexibility index (Phi) is 3.81. The average Bonchev–Trinajstić information content (AvgIpc) is 3.22. The van der Waals surface area contributed by atoms with E-state index in [1.54, 1.807) is 0 Å². The first-order valence-electron chi connectivity index (χ1n) is 7.55. The summed E-state index contributed by atoms with van der Waals surface area (Å²) in [5, 5.41) is 4.57. The third-order valence-electron chi connectivity index (χ3n) is 4.61. The van der Waals surface area contributed by atoms with Crippen LogP contribution in [0.5, 0.6) is 0 Å². The van der Waals surface area contributed by atoms with Crippen molar-refractivity contribution in [1.82, 2.24) is 10.2 Å². The fraction of sp³-hybridized carbons (Fsp3) is 0.529. The Morgan fingerprint density at radius 3 is 2.75 bits per heavy atom. The molecule has 0 amide bonds. The lowest BCUT2D eigenvalue weighted by atomic mass is 10.1. The third-order valence-corrected chi connectivity index (χ3v) is 4.61. The second-order valence-electron chi connectivity index (χ2n) is 6.05. The minimum atomic E-state index is 0.244. The van der Waals surface area contributed by atoms with Gasteiger partial charge in [-0.05, 0) is 51.9 Å². The van der Waals surface area contributed by atoms with Gasteiger partial charge < -0.3 is 14.6 Å². The SMILES string of the molecule is CNC(CN(C)C(C)C1CC1)c1cc2ccccc2o1. The fourth-order valence-corrected chi connectivity index (χ4v) is 2.89. The molecule has 1 aromatic heterocycles. The van der Waals surface area contributed by atoms with Crippen LogP contribution in [0.2, 0.25) is 0 Å². The minimum Gasteiger partial charge on any atom is -0.459 e. The molecule has 0 aliphatic heterocycles. The largest absolute Gasteiger partial charge is 0.459 e. The van der Waals surface area contributed by atoms with E-state index in [0.717, 1.165) is 23.8 Å². The zero-order valence-corrected chi connectivity index (χ0v) is 12.6. The van der Waals surface area contributed by atoms with Crippen molar-refractivity contribution in [3.63, 3.8) is 0 Å². The van der Waals surface area contributed by atoms with Gasteiger partial charge in [0.25, 0.3) is 0 Å². The summed E-state index contributed by atoms with van der Waals surface area (Å²) in [4.78, 5) is 2.45. The molecule has 3 heteroatoms. The number of hydrogen-bond donors (Lipinski definition) is 1. The van der Waals surface area contributed by atoms with Crippen LogP contribution in [-0.4, -0.2) is 31.6 Å². The zero-order chi connectivity index (χ0) is 14.1. The molecule has 2 aromatic rings. The van der Waals surface area contributed by atoms with E-state index in [0.29, 0.717) is 6.04 Å². The van der Waals surface area contributed by atoms with E-state index in [1.165, 1.54) is 18.2 Å². The van der Waals surface area contributed by atoms with Crippen LogP contribution in [0.25, 0.3) is 11.0 Å². The van der Waals surface area contributed by atoms with Gasteiger partial charge in [0, 0.05) is 18.0 Å². The Hall–Kier alpha value is -1.32. The highest BCUT2D eigenvalue weighted by Crippen LogP contribution is 2.35. The topological polar surface area (TPSA) is 28.4 Å². The number of nitrogens with zero attached hydrogens (tertiary/aromatic N) is 1. The Balaban J connectivity index is 1.74. The highest BCUT2D eigenvalue weighted by molar-refractivity contribution is 5.77. The number of benzene rings is 1. The molecule has 0 radical (unpaired) electrons. The number of furan rings is 1. The average molecular weight is 272 g/mol. The monoisotopic (exact) mass is 272 g/mol. The first kappa shape index (κ1) is 13.7. The third kappa shape index (κ3) is 2.74. The summed E-state index contributed by atoms with van der Waals surface area (Å²) in [6, 6.07) is 11.3. The number of nitrogens with one attached hydrogen (secondary N) is 1. The number of para-hydroxylation sites is 1. The molecule has 3 rings (SSSR count). The quantitative estimate of drug-likeness (QED) is 0.873. The Morgan fingerprint density at radius 2 is 2.10 bits per heavy atom. The van der Waals surface area contributed by atoms with E-state index in [-0.39, 0.29) is 6.04 Å². The minimum absolute atomic E-state index is 0.244. The molecule has 1 heterocycles. The molecule has 20 heavy (non-hydrogen) atoms. The molecule has 1 aliphatic carbocycles. The van der Waals surface area contributed by atoms with Crippen molar-refractivity contribution in [1.29, 1.82) is 0 Å². The molecule has 108 valence electrons. The van der Waals surface area contributed by atoms with Crippen molar-refractivity contribution in [2.45, 2.75) is 31.8 Å². The molecule has 3 nitrogen and oxygen atoms in total. The van der Waals surface area contributed by atoms with Crippen molar-refractivity contribution >= 4 is 11.0 Å². The van der Waals surface area contributed by atoms with Crippen molar-refractivity contribution < 1.29 is 4.42 Å². The highest BCUT2D eigenvalue weighted by Gasteiger charge is 2.31. The summed E-state index contributed by atoms with van der Waals surface area (Å²) in [5.74, 6) is 1.93. The summed E-state index contributed by atoms with van der Waals surface area (Å²) in [5.41, 5.74) is 0.973. The molecule has 1 aromatic carbocycles. The lowest BCUT2D eigenvalue weighted by Crippen LogP contribution is -2.37. The highest BCUT2D eigenvalue weighted by atomic mass is 16.3. The summed E-state index contributed by atoms with van der Waals surface area (Å²) in [6.07, 6.45) is 2.78. The molecule has 1 aliphatic rings. The van der Waals surface area contributed by atoms with Crippen LogP contribution in [0.15, 0.2) is 34.7 Å². The maximum absolute atomic E-state index is 5.99. The van der Waals surface area contributed by atoms with Gasteiger partial charge in [-0.2, -0.15) is 0 Å². The Labute approximate surface area is 120 Å². The lowest BCUT2D eigenvalue weighted by molar-refractivity contribution is 0.205. The standard InChI is InChI=1S/C17H24N2O/c1-12(13-8-9-13)19(3)11-15(18-2)17-10-14-6-4-5-7-16(14)20-17/h4-7,10,12-13,15,18H,8-9,11H2,1-3H3. The van der Waals surface area contributed by atoms with Crippen molar-refractivity contribution in [2.75, 3.05) is 20.6 Å². The van der Waals surface area contributed by atoms with Gasteiger partial charge in [0.2, 0.25) is 0 Å². The predicted octanol–water partition coefficient (Wildman–Crippen LogP) is 3.42. The van der Waals surface area contributed by atoms with Crippen LogP contribution in [-0.2, 0) is 0 Å². The van der Waals surface area contributed by atoms with E-state index in [4.69, 9.17) is 4.42 Å². The summed E-state index contributed by atoms with van der Waals surface area (Å²) in [6.45, 7) is 3.32. The molecule has 0 saturated heterocycles. The van der Waals surface area contributed by atoms with Crippen LogP contribution in [0, 0.1) is 5.92 Å². The number of likely N-dealkylation sites (N-methyl/N-ethyl adjacent to an activating group) is 2. The van der Waals surface area contributed by atoms with E-state index >= 15 is 0 Å². The maximum Gasteiger partial charge on any atom is 0.134 e. The smallest absolute Gasteiger partial charge is 0.134 e. The van der Waals surface area contributed by atoms with E-state index < -0.39 is 0 Å². The van der Waals surface area contributed by atoms with Gasteiger partial charge in [0.15, 0.2) is 0 Å². The normalized spacial score (nSPS) is 18.6. The van der Waals surface area contributed by atoms with Crippen LogP contribution in [0.1, 0.15) is 31.6 Å². The summed E-state index contributed by atoms with van der Waals surface area (Å²) in [7, 11) is 4.23.